The van der Waals surface area contributed by atoms with E-state index in [-0.39, 0.29) is 29.3 Å². The fourth-order valence-corrected chi connectivity index (χ4v) is 4.00. The summed E-state index contributed by atoms with van der Waals surface area (Å²) in [5.74, 6) is -2.57. The van der Waals surface area contributed by atoms with E-state index in [1.54, 1.807) is 31.6 Å². The number of anilines is 1. The van der Waals surface area contributed by atoms with Crippen molar-refractivity contribution in [2.45, 2.75) is 26.2 Å². The molecule has 2 heterocycles. The van der Waals surface area contributed by atoms with Crippen LogP contribution in [0.15, 0.2) is 48.2 Å². The van der Waals surface area contributed by atoms with Crippen LogP contribution in [0.5, 0.6) is 0 Å². The second-order valence-electron chi connectivity index (χ2n) is 8.12. The summed E-state index contributed by atoms with van der Waals surface area (Å²) in [6.45, 7) is 3.42. The Morgan fingerprint density at radius 1 is 1.18 bits per heavy atom. The molecule has 0 bridgehead atoms. The highest BCUT2D eigenvalue weighted by molar-refractivity contribution is 6.06. The van der Waals surface area contributed by atoms with Gasteiger partial charge in [0, 0.05) is 36.7 Å². The van der Waals surface area contributed by atoms with Crippen LogP contribution in [0.1, 0.15) is 39.6 Å². The molecule has 0 spiro atoms. The van der Waals surface area contributed by atoms with Gasteiger partial charge in [-0.2, -0.15) is 5.10 Å². The monoisotopic (exact) mass is 463 g/mol. The van der Waals surface area contributed by atoms with Crippen LogP contribution in [-0.2, 0) is 16.6 Å². The summed E-state index contributed by atoms with van der Waals surface area (Å²) in [7, 11) is 1.70. The Bertz CT molecular complexity index is 1340. The number of hydrogen-bond donors (Lipinski definition) is 2. The zero-order chi connectivity index (χ0) is 24.7. The van der Waals surface area contributed by atoms with Crippen molar-refractivity contribution in [2.24, 2.45) is 12.8 Å². The first-order valence-corrected chi connectivity index (χ1v) is 10.4. The summed E-state index contributed by atoms with van der Waals surface area (Å²) in [5.41, 5.74) is 7.45. The fraction of sp³-hybridized carbons (Fsp3) is 0.208. The van der Waals surface area contributed by atoms with Crippen LogP contribution < -0.4 is 10.6 Å². The highest BCUT2D eigenvalue weighted by Crippen LogP contribution is 2.39. The zero-order valence-corrected chi connectivity index (χ0v) is 18.7. The Kier molecular flexibility index (Phi) is 5.74. The van der Waals surface area contributed by atoms with E-state index in [1.807, 2.05) is 0 Å². The number of nitrogens with zero attached hydrogens (tertiary/aromatic N) is 4. The summed E-state index contributed by atoms with van der Waals surface area (Å²) < 4.78 is 14.9. The summed E-state index contributed by atoms with van der Waals surface area (Å²) in [6.07, 6.45) is 1.12. The van der Waals surface area contributed by atoms with Gasteiger partial charge in [0.25, 0.3) is 0 Å². The Labute approximate surface area is 194 Å². The molecule has 0 saturated carbocycles. The largest absolute Gasteiger partial charge is 0.478 e. The lowest BCUT2D eigenvalue weighted by molar-refractivity contribution is -0.133. The van der Waals surface area contributed by atoms with Crippen LogP contribution >= 0.6 is 0 Å². The van der Waals surface area contributed by atoms with E-state index in [0.717, 1.165) is 0 Å². The minimum Gasteiger partial charge on any atom is -0.478 e. The van der Waals surface area contributed by atoms with E-state index in [2.05, 4.69) is 10.1 Å². The molecule has 0 fully saturated rings. The maximum atomic E-state index is 13.4. The molecule has 1 aliphatic heterocycles. The highest BCUT2D eigenvalue weighted by Gasteiger charge is 2.34. The molecule has 2 aromatic carbocycles. The predicted molar refractivity (Wildman–Crippen MR) is 121 cm³/mol. The van der Waals surface area contributed by atoms with Gasteiger partial charge in [0.1, 0.15) is 11.6 Å². The first kappa shape index (κ1) is 22.8. The normalized spacial score (nSPS) is 15.9. The van der Waals surface area contributed by atoms with E-state index in [1.165, 1.54) is 41.4 Å². The van der Waals surface area contributed by atoms with Gasteiger partial charge in [0.05, 0.1) is 11.3 Å². The molecule has 4 rings (SSSR count). The molecule has 1 aromatic heterocycles. The fourth-order valence-electron chi connectivity index (χ4n) is 4.00. The Hall–Kier alpha value is -4.34. The van der Waals surface area contributed by atoms with Gasteiger partial charge in [-0.3, -0.25) is 19.2 Å². The van der Waals surface area contributed by atoms with E-state index >= 15 is 0 Å². The third-order valence-corrected chi connectivity index (χ3v) is 5.90. The molecule has 10 heteroatoms. The van der Waals surface area contributed by atoms with Crippen LogP contribution in [0.3, 0.4) is 0 Å². The van der Waals surface area contributed by atoms with Crippen molar-refractivity contribution in [3.8, 4) is 11.4 Å². The molecule has 0 aliphatic carbocycles. The Morgan fingerprint density at radius 2 is 1.85 bits per heavy atom. The molecular weight excluding hydrogens is 441 g/mol. The molecule has 3 N–H and O–H groups in total. The van der Waals surface area contributed by atoms with Gasteiger partial charge in [0.2, 0.25) is 11.8 Å². The minimum absolute atomic E-state index is 0.0288. The highest BCUT2D eigenvalue weighted by atomic mass is 19.1. The molecule has 34 heavy (non-hydrogen) atoms. The lowest BCUT2D eigenvalue weighted by Gasteiger charge is -2.31. The second-order valence-corrected chi connectivity index (χ2v) is 8.12. The average Bonchev–Trinajstić information content (AvgIpc) is 3.11. The number of nitrogens with two attached hydrogens (primary N) is 1. The standard InChI is InChI=1S/C24H22FN5O4/c1-12-8-20(18(9-16(12)22(26)32)23-27-13(2)29(3)28-23)30-11-19(24(33)34)17(10-21(30)31)14-4-6-15(25)7-5-14/h4-9,11,17H,10H2,1-3H3,(H2,26,32)(H,33,34)/t17-/m0/s1. The number of hydrogen-bond acceptors (Lipinski definition) is 5. The average molecular weight is 463 g/mol. The number of carbonyl (C=O) groups excluding carboxylic acids is 2. The van der Waals surface area contributed by atoms with Crippen molar-refractivity contribution in [3.63, 3.8) is 0 Å². The van der Waals surface area contributed by atoms with Crippen molar-refractivity contribution in [3.05, 3.63) is 76.5 Å². The smallest absolute Gasteiger partial charge is 0.333 e. The number of aromatic nitrogens is 3. The van der Waals surface area contributed by atoms with Crippen LogP contribution in [0.25, 0.3) is 11.4 Å². The third kappa shape index (κ3) is 4.05. The second kappa shape index (κ2) is 8.54. The molecule has 1 aliphatic rings. The maximum absolute atomic E-state index is 13.4. The SMILES string of the molecule is Cc1cc(N2C=C(C(=O)O)[C@H](c3ccc(F)cc3)CC2=O)c(-c2nc(C)n(C)n2)cc1C(N)=O. The van der Waals surface area contributed by atoms with Crippen molar-refractivity contribution in [2.75, 3.05) is 4.90 Å². The minimum atomic E-state index is -1.20. The zero-order valence-electron chi connectivity index (χ0n) is 18.7. The summed E-state index contributed by atoms with van der Waals surface area (Å²) in [4.78, 5) is 43.0. The van der Waals surface area contributed by atoms with E-state index < -0.39 is 23.6 Å². The lowest BCUT2D eigenvalue weighted by Crippen LogP contribution is -2.35. The Balaban J connectivity index is 1.90. The third-order valence-electron chi connectivity index (χ3n) is 5.90. The van der Waals surface area contributed by atoms with Crippen LogP contribution in [0.4, 0.5) is 10.1 Å². The van der Waals surface area contributed by atoms with E-state index in [9.17, 15) is 23.9 Å². The summed E-state index contributed by atoms with van der Waals surface area (Å²) in [6, 6.07) is 8.49. The molecule has 3 aromatic rings. The molecule has 174 valence electrons. The molecular formula is C24H22FN5O4. The van der Waals surface area contributed by atoms with Gasteiger partial charge in [-0.25, -0.2) is 14.2 Å². The number of benzene rings is 2. The number of carbonyl (C=O) groups is 3. The molecule has 9 nitrogen and oxygen atoms in total. The van der Waals surface area contributed by atoms with Gasteiger partial charge in [-0.1, -0.05) is 12.1 Å². The van der Waals surface area contributed by atoms with Gasteiger partial charge in [-0.05, 0) is 49.2 Å². The number of carboxylic acids is 1. The van der Waals surface area contributed by atoms with Crippen molar-refractivity contribution < 1.29 is 23.9 Å². The molecule has 0 unspecified atom stereocenters. The number of carboxylic acid groups (broad SMARTS) is 1. The van der Waals surface area contributed by atoms with Gasteiger partial charge in [0.15, 0.2) is 5.82 Å². The first-order valence-electron chi connectivity index (χ1n) is 10.4. The van der Waals surface area contributed by atoms with Crippen molar-refractivity contribution in [1.82, 2.24) is 14.8 Å². The first-order chi connectivity index (χ1) is 16.1. The lowest BCUT2D eigenvalue weighted by atomic mass is 9.85. The van der Waals surface area contributed by atoms with Gasteiger partial charge < -0.3 is 10.8 Å². The van der Waals surface area contributed by atoms with Crippen molar-refractivity contribution >= 4 is 23.5 Å². The van der Waals surface area contributed by atoms with Crippen LogP contribution in [0, 0.1) is 19.7 Å². The quantitative estimate of drug-likeness (QED) is 0.598. The number of aryl methyl sites for hydroxylation is 3. The summed E-state index contributed by atoms with van der Waals surface area (Å²) in [5, 5.41) is 14.3. The van der Waals surface area contributed by atoms with Gasteiger partial charge in [-0.15, -0.1) is 0 Å². The van der Waals surface area contributed by atoms with Crippen molar-refractivity contribution in [1.29, 1.82) is 0 Å². The number of aliphatic carboxylic acids is 1. The van der Waals surface area contributed by atoms with E-state index in [4.69, 9.17) is 5.73 Å². The molecule has 2 amide bonds. The molecule has 0 saturated heterocycles. The topological polar surface area (TPSA) is 131 Å². The van der Waals surface area contributed by atoms with Gasteiger partial charge >= 0.3 is 5.97 Å². The van der Waals surface area contributed by atoms with E-state index in [0.29, 0.717) is 28.2 Å². The molecule has 0 radical (unpaired) electrons. The number of rotatable bonds is 5. The number of primary amides is 1. The summed E-state index contributed by atoms with van der Waals surface area (Å²) >= 11 is 0. The maximum Gasteiger partial charge on any atom is 0.333 e. The number of amides is 2. The predicted octanol–water partition coefficient (Wildman–Crippen LogP) is 2.83. The molecule has 1 atom stereocenters. The number of halogens is 1. The van der Waals surface area contributed by atoms with Crippen LogP contribution in [0.2, 0.25) is 0 Å². The Morgan fingerprint density at radius 3 is 2.41 bits per heavy atom. The van der Waals surface area contributed by atoms with Crippen LogP contribution in [-0.4, -0.2) is 37.7 Å².